The van der Waals surface area contributed by atoms with Crippen LogP contribution < -0.4 is 11.4 Å². The maximum Gasteiger partial charge on any atom is 0.326 e. The summed E-state index contributed by atoms with van der Waals surface area (Å²) in [6.07, 6.45) is 1.95. The molecule has 139 valence electrons. The van der Waals surface area contributed by atoms with Crippen LogP contribution >= 0.6 is 0 Å². The predicted octanol–water partition coefficient (Wildman–Crippen LogP) is 3.82. The second-order valence-corrected chi connectivity index (χ2v) is 7.17. The molecule has 27 heavy (non-hydrogen) atoms. The zero-order chi connectivity index (χ0) is 19.1. The molecule has 0 bridgehead atoms. The molecule has 0 saturated carbocycles. The number of H-pyrrole nitrogens is 2. The average molecular weight is 363 g/mol. The smallest absolute Gasteiger partial charge is 0.306 e. The number of unbranched alkanes of at least 4 members (excludes halogenated alkanes) is 1. The lowest BCUT2D eigenvalue weighted by molar-refractivity contribution is 0.598. The minimum absolute atomic E-state index is 0.0334. The molecule has 0 fully saturated rings. The van der Waals surface area contributed by atoms with Gasteiger partial charge in [-0.2, -0.15) is 0 Å². The van der Waals surface area contributed by atoms with Crippen molar-refractivity contribution in [3.05, 3.63) is 57.4 Å². The summed E-state index contributed by atoms with van der Waals surface area (Å²) in [6.45, 7) is 6.76. The Morgan fingerprint density at radius 1 is 1.04 bits per heavy atom. The molecule has 6 nitrogen and oxygen atoms in total. The molecular weight excluding hydrogens is 340 g/mol. The number of nitrogens with zero attached hydrogens (tertiary/aromatic N) is 2. The number of hydrogen-bond acceptors (Lipinski definition) is 2. The zero-order valence-electron chi connectivity index (χ0n) is 15.8. The highest BCUT2D eigenvalue weighted by Crippen LogP contribution is 2.30. The highest BCUT2D eigenvalue weighted by atomic mass is 16.1. The number of benzene rings is 2. The molecule has 6 heteroatoms. The monoisotopic (exact) mass is 363 g/mol. The van der Waals surface area contributed by atoms with Gasteiger partial charge in [0.05, 0.1) is 22.1 Å². The first-order chi connectivity index (χ1) is 13.0. The van der Waals surface area contributed by atoms with Crippen LogP contribution in [0.4, 0.5) is 0 Å². The van der Waals surface area contributed by atoms with Crippen LogP contribution in [0, 0.1) is 6.07 Å². The minimum atomic E-state index is -0.116. The van der Waals surface area contributed by atoms with Gasteiger partial charge in [-0.05, 0) is 38.0 Å². The largest absolute Gasteiger partial charge is 0.326 e. The molecule has 2 heterocycles. The topological polar surface area (TPSA) is 75.6 Å². The molecule has 4 rings (SSSR count). The molecule has 1 radical (unpaired) electrons. The fourth-order valence-electron chi connectivity index (χ4n) is 3.66. The Kier molecular flexibility index (Phi) is 4.26. The van der Waals surface area contributed by atoms with Crippen LogP contribution in [0.15, 0.2) is 39.9 Å². The van der Waals surface area contributed by atoms with Crippen molar-refractivity contribution in [2.24, 2.45) is 0 Å². The van der Waals surface area contributed by atoms with E-state index in [1.54, 1.807) is 9.13 Å². The van der Waals surface area contributed by atoms with E-state index in [4.69, 9.17) is 0 Å². The van der Waals surface area contributed by atoms with E-state index in [9.17, 15) is 9.59 Å². The van der Waals surface area contributed by atoms with E-state index in [-0.39, 0.29) is 17.4 Å². The van der Waals surface area contributed by atoms with Crippen molar-refractivity contribution >= 4 is 22.1 Å². The third-order valence-electron chi connectivity index (χ3n) is 4.96. The van der Waals surface area contributed by atoms with Crippen LogP contribution in [-0.2, 0) is 6.54 Å². The molecule has 0 aliphatic rings. The van der Waals surface area contributed by atoms with Crippen molar-refractivity contribution in [2.75, 3.05) is 0 Å². The van der Waals surface area contributed by atoms with E-state index in [0.717, 1.165) is 46.0 Å². The van der Waals surface area contributed by atoms with E-state index in [1.165, 1.54) is 0 Å². The van der Waals surface area contributed by atoms with Crippen LogP contribution in [0.25, 0.3) is 33.2 Å². The Balaban J connectivity index is 1.97. The Hall–Kier alpha value is -3.02. The Labute approximate surface area is 156 Å². The lowest BCUT2D eigenvalue weighted by Crippen LogP contribution is -2.18. The van der Waals surface area contributed by atoms with Gasteiger partial charge in [-0.15, -0.1) is 0 Å². The molecule has 0 aliphatic heterocycles. The molecule has 0 spiro atoms. The van der Waals surface area contributed by atoms with Gasteiger partial charge >= 0.3 is 11.4 Å². The van der Waals surface area contributed by atoms with Crippen molar-refractivity contribution in [2.45, 2.75) is 46.2 Å². The first kappa shape index (κ1) is 17.4. The minimum Gasteiger partial charge on any atom is -0.306 e. The first-order valence-corrected chi connectivity index (χ1v) is 9.39. The van der Waals surface area contributed by atoms with Gasteiger partial charge in [-0.3, -0.25) is 9.13 Å². The lowest BCUT2D eigenvalue weighted by Gasteiger charge is -2.11. The normalized spacial score (nSPS) is 11.9. The van der Waals surface area contributed by atoms with Crippen molar-refractivity contribution in [3.63, 3.8) is 0 Å². The van der Waals surface area contributed by atoms with Gasteiger partial charge < -0.3 is 9.97 Å². The molecule has 2 N–H and O–H groups in total. The van der Waals surface area contributed by atoms with Gasteiger partial charge in [0.25, 0.3) is 0 Å². The lowest BCUT2D eigenvalue weighted by atomic mass is 10.0. The van der Waals surface area contributed by atoms with Crippen molar-refractivity contribution in [1.29, 1.82) is 0 Å². The summed E-state index contributed by atoms with van der Waals surface area (Å²) in [6, 6.07) is 13.1. The van der Waals surface area contributed by atoms with Gasteiger partial charge in [-0.25, -0.2) is 9.59 Å². The summed E-state index contributed by atoms with van der Waals surface area (Å²) in [5, 5.41) is 0. The summed E-state index contributed by atoms with van der Waals surface area (Å²) in [5.41, 5.74) is 4.80. The van der Waals surface area contributed by atoms with Crippen molar-refractivity contribution in [1.82, 2.24) is 19.1 Å². The fraction of sp³-hybridized carbons (Fsp3) is 0.333. The number of para-hydroxylation sites is 1. The number of aryl methyl sites for hydroxylation is 1. The number of aromatic nitrogens is 4. The third-order valence-corrected chi connectivity index (χ3v) is 4.96. The molecule has 0 aliphatic carbocycles. The van der Waals surface area contributed by atoms with Crippen LogP contribution in [0.5, 0.6) is 0 Å². The highest BCUT2D eigenvalue weighted by Gasteiger charge is 2.16. The number of aromatic amines is 2. The average Bonchev–Trinajstić information content (AvgIpc) is 3.14. The van der Waals surface area contributed by atoms with E-state index in [0.29, 0.717) is 6.54 Å². The summed E-state index contributed by atoms with van der Waals surface area (Å²) < 4.78 is 3.51. The van der Waals surface area contributed by atoms with Gasteiger partial charge in [-0.1, -0.05) is 31.5 Å². The molecular formula is C21H23N4O2. The Morgan fingerprint density at radius 3 is 2.56 bits per heavy atom. The molecule has 0 saturated heterocycles. The first-order valence-electron chi connectivity index (χ1n) is 9.39. The van der Waals surface area contributed by atoms with Gasteiger partial charge in [0.2, 0.25) is 0 Å². The molecule has 0 atom stereocenters. The van der Waals surface area contributed by atoms with Crippen molar-refractivity contribution in [3.8, 4) is 11.1 Å². The number of fused-ring (bicyclic) bond motifs is 2. The summed E-state index contributed by atoms with van der Waals surface area (Å²) in [5.74, 6) is 0. The summed E-state index contributed by atoms with van der Waals surface area (Å²) in [7, 11) is 0. The molecule has 0 amide bonds. The van der Waals surface area contributed by atoms with E-state index in [1.807, 2.05) is 44.2 Å². The predicted molar refractivity (Wildman–Crippen MR) is 108 cm³/mol. The third kappa shape index (κ3) is 2.81. The van der Waals surface area contributed by atoms with Gasteiger partial charge in [0.15, 0.2) is 0 Å². The van der Waals surface area contributed by atoms with Gasteiger partial charge in [0.1, 0.15) is 0 Å². The number of imidazole rings is 2. The Morgan fingerprint density at radius 2 is 1.81 bits per heavy atom. The van der Waals surface area contributed by atoms with Crippen LogP contribution in [0.3, 0.4) is 0 Å². The van der Waals surface area contributed by atoms with E-state index in [2.05, 4.69) is 23.0 Å². The van der Waals surface area contributed by atoms with Crippen molar-refractivity contribution < 1.29 is 0 Å². The molecule has 2 aromatic heterocycles. The zero-order valence-corrected chi connectivity index (χ0v) is 15.8. The summed E-state index contributed by atoms with van der Waals surface area (Å²) in [4.78, 5) is 30.5. The molecule has 4 aromatic rings. The second-order valence-electron chi connectivity index (χ2n) is 7.17. The van der Waals surface area contributed by atoms with Crippen LogP contribution in [0.2, 0.25) is 0 Å². The van der Waals surface area contributed by atoms with Gasteiger partial charge in [0, 0.05) is 24.2 Å². The highest BCUT2D eigenvalue weighted by molar-refractivity contribution is 5.94. The molecule has 2 aromatic carbocycles. The maximum atomic E-state index is 12.4. The Bertz CT molecular complexity index is 1240. The van der Waals surface area contributed by atoms with Crippen LogP contribution in [-0.4, -0.2) is 19.1 Å². The van der Waals surface area contributed by atoms with Crippen LogP contribution in [0.1, 0.15) is 39.7 Å². The number of nitrogens with one attached hydrogen (secondary N) is 2. The van der Waals surface area contributed by atoms with E-state index < -0.39 is 0 Å². The number of hydrogen-bond donors (Lipinski definition) is 2. The summed E-state index contributed by atoms with van der Waals surface area (Å²) >= 11 is 0. The maximum absolute atomic E-state index is 12.4. The van der Waals surface area contributed by atoms with E-state index >= 15 is 0 Å². The quantitative estimate of drug-likeness (QED) is 0.565. The SMILES string of the molecule is CCCCn1c(=O)[nH]c2ccc(-c3cccc4[nH]c(=O)n(C(C)C)c34)[c]c21. The molecule has 0 unspecified atom stereocenters. The fourth-order valence-corrected chi connectivity index (χ4v) is 3.66. The second kappa shape index (κ2) is 6.61. The number of rotatable bonds is 5. The standard InChI is InChI=1S/C21H23N4O2/c1-4-5-11-24-18-12-14(9-10-16(18)22-20(24)26)15-7-6-8-17-19(15)25(13(2)3)21(27)23-17/h6-10,13H,4-5,11H2,1-3H3,(H,22,26)(H,23,27).